The molecule has 1 heterocycles. The molecule has 0 aromatic heterocycles. The summed E-state index contributed by atoms with van der Waals surface area (Å²) in [5.41, 5.74) is 0.422. The summed E-state index contributed by atoms with van der Waals surface area (Å²) < 4.78 is 10.9. The minimum absolute atomic E-state index is 0.0144. The van der Waals surface area contributed by atoms with Gasteiger partial charge >= 0.3 is 5.97 Å². The number of rotatable bonds is 8. The highest BCUT2D eigenvalue weighted by Crippen LogP contribution is 2.19. The van der Waals surface area contributed by atoms with Crippen molar-refractivity contribution in [2.75, 3.05) is 19.7 Å². The largest absolute Gasteiger partial charge is 0.491 e. The fourth-order valence-electron chi connectivity index (χ4n) is 2.93. The van der Waals surface area contributed by atoms with E-state index in [1.165, 1.54) is 4.90 Å². The van der Waals surface area contributed by atoms with Gasteiger partial charge in [0.1, 0.15) is 11.8 Å². The van der Waals surface area contributed by atoms with Gasteiger partial charge in [0.25, 0.3) is 5.91 Å². The molecular weight excluding hydrogens is 360 g/mol. The molecule has 1 aliphatic heterocycles. The van der Waals surface area contributed by atoms with Crippen LogP contribution >= 0.6 is 0 Å². The number of carbonyl (C=O) groups is 3. The molecule has 1 N–H and O–H groups in total. The van der Waals surface area contributed by atoms with Crippen LogP contribution in [-0.4, -0.2) is 54.5 Å². The van der Waals surface area contributed by atoms with Crippen LogP contribution in [0.25, 0.3) is 0 Å². The molecule has 0 radical (unpaired) electrons. The normalized spacial score (nSPS) is 16.9. The van der Waals surface area contributed by atoms with Crippen molar-refractivity contribution in [1.29, 1.82) is 0 Å². The van der Waals surface area contributed by atoms with E-state index in [2.05, 4.69) is 5.32 Å². The molecule has 28 heavy (non-hydrogen) atoms. The Morgan fingerprint density at radius 1 is 1.25 bits per heavy atom. The molecule has 1 aromatic rings. The summed E-state index contributed by atoms with van der Waals surface area (Å²) in [6, 6.07) is 5.99. The molecule has 1 atom stereocenters. The van der Waals surface area contributed by atoms with Gasteiger partial charge in [0.15, 0.2) is 0 Å². The third-order valence-corrected chi connectivity index (χ3v) is 4.36. The van der Waals surface area contributed by atoms with Gasteiger partial charge < -0.3 is 19.7 Å². The Labute approximate surface area is 166 Å². The second kappa shape index (κ2) is 10.1. The van der Waals surface area contributed by atoms with Crippen molar-refractivity contribution in [2.24, 2.45) is 5.92 Å². The molecule has 0 bridgehead atoms. The second-order valence-electron chi connectivity index (χ2n) is 7.61. The van der Waals surface area contributed by atoms with Gasteiger partial charge in [-0.05, 0) is 44.4 Å². The number of ether oxygens (including phenoxy) is 2. The van der Waals surface area contributed by atoms with Crippen LogP contribution in [0.3, 0.4) is 0 Å². The van der Waals surface area contributed by atoms with E-state index in [9.17, 15) is 14.4 Å². The number of carbonyl (C=O) groups excluding carboxylic acids is 3. The number of nitrogens with zero attached hydrogens (tertiary/aromatic N) is 1. The summed E-state index contributed by atoms with van der Waals surface area (Å²) in [6.45, 7) is 8.90. The molecule has 7 nitrogen and oxygen atoms in total. The lowest BCUT2D eigenvalue weighted by molar-refractivity contribution is -0.148. The summed E-state index contributed by atoms with van der Waals surface area (Å²) in [7, 11) is 0. The molecule has 154 valence electrons. The zero-order valence-corrected chi connectivity index (χ0v) is 17.1. The highest BCUT2D eigenvalue weighted by Gasteiger charge is 2.35. The van der Waals surface area contributed by atoms with Gasteiger partial charge in [-0.15, -0.1) is 0 Å². The van der Waals surface area contributed by atoms with Crippen LogP contribution in [0.4, 0.5) is 0 Å². The Balaban J connectivity index is 2.09. The van der Waals surface area contributed by atoms with Gasteiger partial charge in [-0.3, -0.25) is 14.4 Å². The van der Waals surface area contributed by atoms with Crippen LogP contribution in [0.1, 0.15) is 50.9 Å². The first-order valence-electron chi connectivity index (χ1n) is 9.79. The Bertz CT molecular complexity index is 702. The number of nitrogens with one attached hydrogen (secondary N) is 1. The van der Waals surface area contributed by atoms with E-state index in [4.69, 9.17) is 9.47 Å². The first-order valence-corrected chi connectivity index (χ1v) is 9.79. The Hall–Kier alpha value is -2.57. The van der Waals surface area contributed by atoms with Gasteiger partial charge in [-0.1, -0.05) is 19.9 Å². The SMILES string of the molecule is CC(C)CCOC(=O)CC1C(=O)NCCN1C(=O)c1cccc(OC(C)C)c1. The minimum atomic E-state index is -0.873. The van der Waals surface area contributed by atoms with Crippen molar-refractivity contribution >= 4 is 17.8 Å². The first-order chi connectivity index (χ1) is 13.3. The molecule has 1 aliphatic rings. The van der Waals surface area contributed by atoms with Crippen LogP contribution < -0.4 is 10.1 Å². The van der Waals surface area contributed by atoms with Gasteiger partial charge in [0.05, 0.1) is 19.1 Å². The fourth-order valence-corrected chi connectivity index (χ4v) is 2.93. The third kappa shape index (κ3) is 6.25. The third-order valence-electron chi connectivity index (χ3n) is 4.36. The molecule has 1 unspecified atom stereocenters. The zero-order valence-electron chi connectivity index (χ0n) is 17.1. The smallest absolute Gasteiger partial charge is 0.308 e. The van der Waals surface area contributed by atoms with Gasteiger partial charge in [-0.2, -0.15) is 0 Å². The van der Waals surface area contributed by atoms with Gasteiger partial charge in [0.2, 0.25) is 5.91 Å². The number of hydrogen-bond acceptors (Lipinski definition) is 5. The maximum absolute atomic E-state index is 13.0. The maximum Gasteiger partial charge on any atom is 0.308 e. The number of piperazine rings is 1. The summed E-state index contributed by atoms with van der Waals surface area (Å²) in [6.07, 6.45) is 0.589. The molecule has 1 aromatic carbocycles. The van der Waals surface area contributed by atoms with E-state index in [-0.39, 0.29) is 24.3 Å². The van der Waals surface area contributed by atoms with Crippen LogP contribution in [0.5, 0.6) is 5.75 Å². The van der Waals surface area contributed by atoms with Gasteiger partial charge in [0, 0.05) is 18.7 Å². The standard InChI is InChI=1S/C21H30N2O5/c1-14(2)8-11-27-19(24)13-18-20(25)22-9-10-23(18)21(26)16-6-5-7-17(12-16)28-15(3)4/h5-7,12,14-15,18H,8-11,13H2,1-4H3,(H,22,25). The molecule has 7 heteroatoms. The van der Waals surface area contributed by atoms with Gasteiger partial charge in [-0.25, -0.2) is 0 Å². The minimum Gasteiger partial charge on any atom is -0.491 e. The lowest BCUT2D eigenvalue weighted by atomic mass is 10.1. The number of benzene rings is 1. The average Bonchev–Trinajstić information content (AvgIpc) is 2.62. The lowest BCUT2D eigenvalue weighted by Gasteiger charge is -2.34. The molecule has 0 aliphatic carbocycles. The quantitative estimate of drug-likeness (QED) is 0.689. The topological polar surface area (TPSA) is 84.9 Å². The molecule has 0 saturated carbocycles. The van der Waals surface area contributed by atoms with Crippen LogP contribution in [0.15, 0.2) is 24.3 Å². The summed E-state index contributed by atoms with van der Waals surface area (Å²) in [5, 5.41) is 2.72. The van der Waals surface area contributed by atoms with Crippen LogP contribution in [0, 0.1) is 5.92 Å². The molecular formula is C21H30N2O5. The van der Waals surface area contributed by atoms with E-state index in [0.717, 1.165) is 6.42 Å². The summed E-state index contributed by atoms with van der Waals surface area (Å²) in [5.74, 6) is -0.104. The van der Waals surface area contributed by atoms with Crippen LogP contribution in [0.2, 0.25) is 0 Å². The molecule has 2 amide bonds. The Morgan fingerprint density at radius 2 is 2.00 bits per heavy atom. The van der Waals surface area contributed by atoms with E-state index < -0.39 is 12.0 Å². The molecule has 2 rings (SSSR count). The number of esters is 1. The van der Waals surface area contributed by atoms with Crippen LogP contribution in [-0.2, 0) is 14.3 Å². The van der Waals surface area contributed by atoms with E-state index in [1.807, 2.05) is 27.7 Å². The maximum atomic E-state index is 13.0. The highest BCUT2D eigenvalue weighted by atomic mass is 16.5. The molecule has 1 saturated heterocycles. The zero-order chi connectivity index (χ0) is 20.7. The lowest BCUT2D eigenvalue weighted by Crippen LogP contribution is -2.57. The highest BCUT2D eigenvalue weighted by molar-refractivity contribution is 5.99. The Morgan fingerprint density at radius 3 is 2.68 bits per heavy atom. The van der Waals surface area contributed by atoms with Crippen molar-refractivity contribution < 1.29 is 23.9 Å². The number of hydrogen-bond donors (Lipinski definition) is 1. The predicted molar refractivity (Wildman–Crippen MR) is 105 cm³/mol. The summed E-state index contributed by atoms with van der Waals surface area (Å²) in [4.78, 5) is 38.9. The van der Waals surface area contributed by atoms with Crippen molar-refractivity contribution in [3.8, 4) is 5.75 Å². The monoisotopic (exact) mass is 390 g/mol. The number of amides is 2. The first kappa shape index (κ1) is 21.7. The summed E-state index contributed by atoms with van der Waals surface area (Å²) >= 11 is 0. The average molecular weight is 390 g/mol. The van der Waals surface area contributed by atoms with E-state index >= 15 is 0 Å². The predicted octanol–water partition coefficient (Wildman–Crippen LogP) is 2.39. The van der Waals surface area contributed by atoms with E-state index in [1.54, 1.807) is 24.3 Å². The van der Waals surface area contributed by atoms with Crippen molar-refractivity contribution in [3.63, 3.8) is 0 Å². The van der Waals surface area contributed by atoms with Crippen molar-refractivity contribution in [3.05, 3.63) is 29.8 Å². The molecule has 1 fully saturated rings. The van der Waals surface area contributed by atoms with E-state index in [0.29, 0.717) is 36.9 Å². The van der Waals surface area contributed by atoms with Crippen molar-refractivity contribution in [1.82, 2.24) is 10.2 Å². The molecule has 0 spiro atoms. The van der Waals surface area contributed by atoms with Crippen molar-refractivity contribution in [2.45, 2.75) is 52.7 Å². The Kier molecular flexibility index (Phi) is 7.84. The fraction of sp³-hybridized carbons (Fsp3) is 0.571. The second-order valence-corrected chi connectivity index (χ2v) is 7.61.